The molecule has 3 heteroatoms. The third-order valence-corrected chi connectivity index (χ3v) is 4.39. The molecule has 19 heavy (non-hydrogen) atoms. The van der Waals surface area contributed by atoms with E-state index >= 15 is 0 Å². The maximum absolute atomic E-state index is 9.43. The van der Waals surface area contributed by atoms with Gasteiger partial charge in [0.1, 0.15) is 5.54 Å². The minimum absolute atomic E-state index is 0.382. The van der Waals surface area contributed by atoms with E-state index in [1.54, 1.807) is 0 Å². The summed E-state index contributed by atoms with van der Waals surface area (Å²) in [4.78, 5) is 2.58. The van der Waals surface area contributed by atoms with Gasteiger partial charge in [-0.1, -0.05) is 13.8 Å². The molecule has 1 heterocycles. The number of rotatable bonds is 6. The Morgan fingerprint density at radius 1 is 1.42 bits per heavy atom. The summed E-state index contributed by atoms with van der Waals surface area (Å²) in [5, 5.41) is 12.8. The van der Waals surface area contributed by atoms with Gasteiger partial charge in [-0.05, 0) is 71.5 Å². The Hall–Kier alpha value is -0.590. The van der Waals surface area contributed by atoms with E-state index in [-0.39, 0.29) is 5.54 Å². The highest BCUT2D eigenvalue weighted by Gasteiger charge is 2.28. The van der Waals surface area contributed by atoms with Crippen LogP contribution in [0.25, 0.3) is 0 Å². The van der Waals surface area contributed by atoms with E-state index in [9.17, 15) is 5.26 Å². The predicted molar refractivity (Wildman–Crippen MR) is 81.0 cm³/mol. The molecule has 3 atom stereocenters. The smallest absolute Gasteiger partial charge is 0.105 e. The molecule has 0 aromatic carbocycles. The first-order valence-electron chi connectivity index (χ1n) is 7.91. The van der Waals surface area contributed by atoms with Crippen molar-refractivity contribution in [3.63, 3.8) is 0 Å². The number of nitriles is 1. The van der Waals surface area contributed by atoms with Crippen molar-refractivity contribution in [2.45, 2.75) is 71.4 Å². The van der Waals surface area contributed by atoms with Crippen molar-refractivity contribution in [2.75, 3.05) is 19.6 Å². The lowest BCUT2D eigenvalue weighted by Gasteiger charge is -2.33. The molecule has 0 spiro atoms. The molecule has 110 valence electrons. The molecular weight excluding hydrogens is 234 g/mol. The largest absolute Gasteiger partial charge is 0.301 e. The van der Waals surface area contributed by atoms with Gasteiger partial charge in [0.2, 0.25) is 0 Å². The average Bonchev–Trinajstić information content (AvgIpc) is 2.61. The normalized spacial score (nSPS) is 26.2. The first-order valence-corrected chi connectivity index (χ1v) is 7.91. The van der Waals surface area contributed by atoms with Crippen molar-refractivity contribution in [3.05, 3.63) is 0 Å². The van der Waals surface area contributed by atoms with Gasteiger partial charge in [0.05, 0.1) is 6.07 Å². The second-order valence-corrected chi connectivity index (χ2v) is 6.50. The third kappa shape index (κ3) is 5.50. The molecule has 1 saturated heterocycles. The fraction of sp³-hybridized carbons (Fsp3) is 0.938. The number of hydrogen-bond acceptors (Lipinski definition) is 3. The summed E-state index contributed by atoms with van der Waals surface area (Å²) in [6, 6.07) is 2.96. The maximum atomic E-state index is 9.43. The minimum atomic E-state index is -0.382. The summed E-state index contributed by atoms with van der Waals surface area (Å²) in [6.45, 7) is 12.1. The standard InChI is InChI=1S/C16H31N3/c1-5-9-18-16(4,13-17)12-15(3)19-10-6-7-14(2)8-11-19/h14-15,18H,5-12H2,1-4H3. The van der Waals surface area contributed by atoms with Gasteiger partial charge in [0.15, 0.2) is 0 Å². The monoisotopic (exact) mass is 265 g/mol. The molecule has 3 nitrogen and oxygen atoms in total. The molecule has 0 saturated carbocycles. The zero-order chi connectivity index (χ0) is 14.3. The SMILES string of the molecule is CCCNC(C)(C#N)CC(C)N1CCCC(C)CC1. The predicted octanol–water partition coefficient (Wildman–Crippen LogP) is 3.17. The molecule has 1 aliphatic rings. The lowest BCUT2D eigenvalue weighted by atomic mass is 9.94. The van der Waals surface area contributed by atoms with E-state index in [2.05, 4.69) is 37.1 Å². The Morgan fingerprint density at radius 2 is 2.16 bits per heavy atom. The highest BCUT2D eigenvalue weighted by molar-refractivity contribution is 5.05. The molecule has 1 fully saturated rings. The summed E-state index contributed by atoms with van der Waals surface area (Å²) in [6.07, 6.45) is 5.95. The van der Waals surface area contributed by atoms with Crippen LogP contribution in [0.4, 0.5) is 0 Å². The first-order chi connectivity index (χ1) is 9.00. The van der Waals surface area contributed by atoms with Gasteiger partial charge < -0.3 is 4.90 Å². The molecule has 0 radical (unpaired) electrons. The van der Waals surface area contributed by atoms with Crippen molar-refractivity contribution in [1.29, 1.82) is 5.26 Å². The van der Waals surface area contributed by atoms with Gasteiger partial charge in [0, 0.05) is 6.04 Å². The third-order valence-electron chi connectivity index (χ3n) is 4.39. The Bertz CT molecular complexity index is 297. The Morgan fingerprint density at radius 3 is 2.79 bits per heavy atom. The summed E-state index contributed by atoms with van der Waals surface area (Å²) in [5.41, 5.74) is -0.382. The molecule has 0 bridgehead atoms. The molecule has 1 N–H and O–H groups in total. The van der Waals surface area contributed by atoms with Crippen LogP contribution in [0, 0.1) is 17.2 Å². The summed E-state index contributed by atoms with van der Waals surface area (Å²) >= 11 is 0. The van der Waals surface area contributed by atoms with Crippen LogP contribution < -0.4 is 5.32 Å². The van der Waals surface area contributed by atoms with Gasteiger partial charge in [-0.15, -0.1) is 0 Å². The van der Waals surface area contributed by atoms with Gasteiger partial charge in [-0.3, -0.25) is 5.32 Å². The first kappa shape index (κ1) is 16.5. The molecule has 0 aliphatic carbocycles. The molecule has 0 amide bonds. The number of nitrogens with zero attached hydrogens (tertiary/aromatic N) is 2. The summed E-state index contributed by atoms with van der Waals surface area (Å²) < 4.78 is 0. The Kier molecular flexibility index (Phi) is 6.82. The number of nitrogens with one attached hydrogen (secondary N) is 1. The van der Waals surface area contributed by atoms with E-state index in [0.717, 1.165) is 25.3 Å². The Labute approximate surface area is 119 Å². The lowest BCUT2D eigenvalue weighted by molar-refractivity contribution is 0.180. The quantitative estimate of drug-likeness (QED) is 0.802. The molecular formula is C16H31N3. The van der Waals surface area contributed by atoms with Crippen molar-refractivity contribution in [1.82, 2.24) is 10.2 Å². The van der Waals surface area contributed by atoms with E-state index in [1.165, 1.54) is 32.4 Å². The van der Waals surface area contributed by atoms with Crippen LogP contribution in [0.3, 0.4) is 0 Å². The van der Waals surface area contributed by atoms with Gasteiger partial charge in [0.25, 0.3) is 0 Å². The molecule has 0 aromatic heterocycles. The van der Waals surface area contributed by atoms with E-state index in [4.69, 9.17) is 0 Å². The minimum Gasteiger partial charge on any atom is -0.301 e. The molecule has 3 unspecified atom stereocenters. The van der Waals surface area contributed by atoms with E-state index < -0.39 is 0 Å². The van der Waals surface area contributed by atoms with Crippen molar-refractivity contribution >= 4 is 0 Å². The van der Waals surface area contributed by atoms with E-state index in [1.807, 2.05) is 6.92 Å². The van der Waals surface area contributed by atoms with Crippen LogP contribution in [0.2, 0.25) is 0 Å². The average molecular weight is 265 g/mol. The van der Waals surface area contributed by atoms with Crippen LogP contribution in [0.15, 0.2) is 0 Å². The van der Waals surface area contributed by atoms with Crippen LogP contribution in [0.5, 0.6) is 0 Å². The fourth-order valence-electron chi connectivity index (χ4n) is 3.00. The zero-order valence-electron chi connectivity index (χ0n) is 13.2. The second kappa shape index (κ2) is 7.87. The summed E-state index contributed by atoms with van der Waals surface area (Å²) in [5.74, 6) is 0.859. The van der Waals surface area contributed by atoms with Crippen molar-refractivity contribution < 1.29 is 0 Å². The van der Waals surface area contributed by atoms with Crippen LogP contribution >= 0.6 is 0 Å². The number of hydrogen-bond donors (Lipinski definition) is 1. The Balaban J connectivity index is 2.51. The fourth-order valence-corrected chi connectivity index (χ4v) is 3.00. The van der Waals surface area contributed by atoms with E-state index in [0.29, 0.717) is 6.04 Å². The number of likely N-dealkylation sites (tertiary alicyclic amines) is 1. The molecule has 1 rings (SSSR count). The van der Waals surface area contributed by atoms with Crippen LogP contribution in [-0.2, 0) is 0 Å². The van der Waals surface area contributed by atoms with Crippen LogP contribution in [0.1, 0.15) is 59.8 Å². The maximum Gasteiger partial charge on any atom is 0.105 e. The topological polar surface area (TPSA) is 39.1 Å². The van der Waals surface area contributed by atoms with Crippen molar-refractivity contribution in [3.8, 4) is 6.07 Å². The van der Waals surface area contributed by atoms with Gasteiger partial charge in [-0.25, -0.2) is 0 Å². The van der Waals surface area contributed by atoms with Gasteiger partial charge >= 0.3 is 0 Å². The highest BCUT2D eigenvalue weighted by atomic mass is 15.2. The van der Waals surface area contributed by atoms with Gasteiger partial charge in [-0.2, -0.15) is 5.26 Å². The lowest BCUT2D eigenvalue weighted by Crippen LogP contribution is -2.47. The second-order valence-electron chi connectivity index (χ2n) is 6.50. The summed E-state index contributed by atoms with van der Waals surface area (Å²) in [7, 11) is 0. The molecule has 0 aromatic rings. The molecule has 1 aliphatic heterocycles. The highest BCUT2D eigenvalue weighted by Crippen LogP contribution is 2.22. The van der Waals surface area contributed by atoms with Crippen molar-refractivity contribution in [2.24, 2.45) is 5.92 Å². The van der Waals surface area contributed by atoms with Crippen LogP contribution in [-0.4, -0.2) is 36.1 Å². The zero-order valence-corrected chi connectivity index (χ0v) is 13.2.